The minimum absolute atomic E-state index is 0.0360. The minimum atomic E-state index is -0.456. The van der Waals surface area contributed by atoms with Crippen LogP contribution in [0.3, 0.4) is 0 Å². The lowest BCUT2D eigenvalue weighted by Gasteiger charge is -2.39. The van der Waals surface area contributed by atoms with Crippen LogP contribution in [0.25, 0.3) is 10.9 Å². The van der Waals surface area contributed by atoms with Gasteiger partial charge in [0.15, 0.2) is 0 Å². The summed E-state index contributed by atoms with van der Waals surface area (Å²) in [7, 11) is 0. The highest BCUT2D eigenvalue weighted by molar-refractivity contribution is 5.80. The Kier molecular flexibility index (Phi) is 3.27. The summed E-state index contributed by atoms with van der Waals surface area (Å²) in [5, 5.41) is 1.12. The van der Waals surface area contributed by atoms with E-state index in [0.717, 1.165) is 16.7 Å². The number of nitrogens with zero attached hydrogens (tertiary/aromatic N) is 1. The number of nitrogens with one attached hydrogen (secondary N) is 1. The Bertz CT molecular complexity index is 651. The Morgan fingerprint density at radius 1 is 1.29 bits per heavy atom. The van der Waals surface area contributed by atoms with E-state index in [-0.39, 0.29) is 12.2 Å². The Hall–Kier alpha value is -2.17. The van der Waals surface area contributed by atoms with Gasteiger partial charge in [0.05, 0.1) is 13.1 Å². The summed E-state index contributed by atoms with van der Waals surface area (Å²) in [4.78, 5) is 16.6. The Morgan fingerprint density at radius 3 is 2.76 bits per heavy atom. The summed E-state index contributed by atoms with van der Waals surface area (Å²) in [5.74, 6) is 0.830. The zero-order valence-corrected chi connectivity index (χ0v) is 12.6. The van der Waals surface area contributed by atoms with Crippen molar-refractivity contribution in [3.05, 3.63) is 30.5 Å². The monoisotopic (exact) mass is 288 g/mol. The molecule has 3 rings (SSSR count). The lowest BCUT2D eigenvalue weighted by molar-refractivity contribution is -0.0221. The van der Waals surface area contributed by atoms with Crippen LogP contribution < -0.4 is 4.74 Å². The number of benzene rings is 1. The second kappa shape index (κ2) is 4.98. The first-order chi connectivity index (χ1) is 9.90. The van der Waals surface area contributed by atoms with Gasteiger partial charge in [0, 0.05) is 17.1 Å². The van der Waals surface area contributed by atoms with E-state index in [4.69, 9.17) is 9.47 Å². The quantitative estimate of drug-likeness (QED) is 0.923. The van der Waals surface area contributed by atoms with Gasteiger partial charge in [-0.15, -0.1) is 0 Å². The Morgan fingerprint density at radius 2 is 2.05 bits per heavy atom. The zero-order chi connectivity index (χ0) is 15.0. The van der Waals surface area contributed by atoms with E-state index in [1.807, 2.05) is 51.2 Å². The SMILES string of the molecule is CC(C)(C)OC(=O)N1CC(Oc2ccc3[nH]ccc3c2)C1. The summed E-state index contributed by atoms with van der Waals surface area (Å²) in [5.41, 5.74) is 0.633. The number of likely N-dealkylation sites (tertiary alicyclic amines) is 1. The first-order valence-electron chi connectivity index (χ1n) is 7.12. The van der Waals surface area contributed by atoms with E-state index in [1.54, 1.807) is 4.90 Å². The van der Waals surface area contributed by atoms with Gasteiger partial charge >= 0.3 is 6.09 Å². The smallest absolute Gasteiger partial charge is 0.410 e. The van der Waals surface area contributed by atoms with Crippen LogP contribution in [0.4, 0.5) is 4.79 Å². The largest absolute Gasteiger partial charge is 0.487 e. The molecule has 0 aliphatic carbocycles. The van der Waals surface area contributed by atoms with E-state index in [9.17, 15) is 4.79 Å². The summed E-state index contributed by atoms with van der Waals surface area (Å²) in [6.45, 7) is 6.74. The number of carbonyl (C=O) groups excluding carboxylic acids is 1. The van der Waals surface area contributed by atoms with Crippen LogP contribution in [0.15, 0.2) is 30.5 Å². The highest BCUT2D eigenvalue weighted by atomic mass is 16.6. The maximum absolute atomic E-state index is 11.8. The van der Waals surface area contributed by atoms with E-state index in [2.05, 4.69) is 4.98 Å². The van der Waals surface area contributed by atoms with Crippen LogP contribution in [0.5, 0.6) is 5.75 Å². The first kappa shape index (κ1) is 13.8. The number of hydrogen-bond acceptors (Lipinski definition) is 3. The van der Waals surface area contributed by atoms with Crippen molar-refractivity contribution in [2.24, 2.45) is 0 Å². The predicted octanol–water partition coefficient (Wildman–Crippen LogP) is 3.17. The molecular weight excluding hydrogens is 268 g/mol. The third kappa shape index (κ3) is 3.12. The topological polar surface area (TPSA) is 54.6 Å². The predicted molar refractivity (Wildman–Crippen MR) is 80.5 cm³/mol. The molecule has 5 heteroatoms. The van der Waals surface area contributed by atoms with Crippen LogP contribution in [0.2, 0.25) is 0 Å². The third-order valence-corrected chi connectivity index (χ3v) is 3.33. The van der Waals surface area contributed by atoms with Crippen molar-refractivity contribution >= 4 is 17.0 Å². The number of fused-ring (bicyclic) bond motifs is 1. The number of amides is 1. The van der Waals surface area contributed by atoms with Crippen LogP contribution in [0.1, 0.15) is 20.8 Å². The van der Waals surface area contributed by atoms with Gasteiger partial charge in [-0.1, -0.05) is 0 Å². The molecule has 1 aromatic heterocycles. The lowest BCUT2D eigenvalue weighted by Crippen LogP contribution is -2.57. The molecular formula is C16H20N2O3. The molecule has 1 N–H and O–H groups in total. The van der Waals surface area contributed by atoms with E-state index >= 15 is 0 Å². The summed E-state index contributed by atoms with van der Waals surface area (Å²) in [6, 6.07) is 7.95. The average Bonchev–Trinajstić information content (AvgIpc) is 2.77. The molecule has 2 heterocycles. The Labute approximate surface area is 123 Å². The van der Waals surface area contributed by atoms with Crippen LogP contribution in [-0.2, 0) is 4.74 Å². The van der Waals surface area contributed by atoms with Gasteiger partial charge in [-0.05, 0) is 45.0 Å². The second-order valence-corrected chi connectivity index (χ2v) is 6.35. The molecule has 0 unspecified atom stereocenters. The summed E-state index contributed by atoms with van der Waals surface area (Å²) in [6.07, 6.45) is 1.67. The average molecular weight is 288 g/mol. The van der Waals surface area contributed by atoms with Crippen molar-refractivity contribution < 1.29 is 14.3 Å². The number of ether oxygens (including phenoxy) is 2. The number of carbonyl (C=O) groups is 1. The standard InChI is InChI=1S/C16H20N2O3/c1-16(2,3)21-15(19)18-9-13(10-18)20-12-4-5-14-11(8-12)6-7-17-14/h4-8,13,17H,9-10H2,1-3H3. The number of hydrogen-bond donors (Lipinski definition) is 1. The lowest BCUT2D eigenvalue weighted by atomic mass is 10.1. The highest BCUT2D eigenvalue weighted by Gasteiger charge is 2.35. The molecule has 21 heavy (non-hydrogen) atoms. The van der Waals surface area contributed by atoms with Crippen LogP contribution in [0, 0.1) is 0 Å². The van der Waals surface area contributed by atoms with Gasteiger partial charge in [-0.25, -0.2) is 4.79 Å². The normalized spacial score (nSPS) is 15.9. The zero-order valence-electron chi connectivity index (χ0n) is 12.6. The molecule has 1 aromatic carbocycles. The van der Waals surface area contributed by atoms with Crippen molar-refractivity contribution in [1.29, 1.82) is 0 Å². The summed E-state index contributed by atoms with van der Waals surface area (Å²) >= 11 is 0. The third-order valence-electron chi connectivity index (χ3n) is 3.33. The van der Waals surface area contributed by atoms with Gasteiger partial charge in [0.2, 0.25) is 0 Å². The van der Waals surface area contributed by atoms with Gasteiger partial charge in [0.1, 0.15) is 17.5 Å². The fraction of sp³-hybridized carbons (Fsp3) is 0.438. The molecule has 2 aromatic rings. The fourth-order valence-corrected chi connectivity index (χ4v) is 2.29. The number of aromatic amines is 1. The fourth-order valence-electron chi connectivity index (χ4n) is 2.29. The van der Waals surface area contributed by atoms with Crippen LogP contribution >= 0.6 is 0 Å². The van der Waals surface area contributed by atoms with Crippen LogP contribution in [-0.4, -0.2) is 40.8 Å². The maximum atomic E-state index is 11.8. The first-order valence-corrected chi connectivity index (χ1v) is 7.12. The molecule has 1 aliphatic rings. The number of rotatable bonds is 2. The molecule has 0 atom stereocenters. The molecule has 0 bridgehead atoms. The second-order valence-electron chi connectivity index (χ2n) is 6.35. The van der Waals surface area contributed by atoms with Crippen molar-refractivity contribution in [3.8, 4) is 5.75 Å². The highest BCUT2D eigenvalue weighted by Crippen LogP contribution is 2.24. The molecule has 0 saturated carbocycles. The van der Waals surface area contributed by atoms with Crippen molar-refractivity contribution in [1.82, 2.24) is 9.88 Å². The number of H-pyrrole nitrogens is 1. The van der Waals surface area contributed by atoms with Crippen molar-refractivity contribution in [3.63, 3.8) is 0 Å². The maximum Gasteiger partial charge on any atom is 0.410 e. The molecule has 0 spiro atoms. The van der Waals surface area contributed by atoms with Gasteiger partial charge in [-0.2, -0.15) is 0 Å². The van der Waals surface area contributed by atoms with E-state index in [1.165, 1.54) is 0 Å². The molecule has 1 amide bonds. The van der Waals surface area contributed by atoms with Gasteiger partial charge < -0.3 is 19.4 Å². The molecule has 1 saturated heterocycles. The molecule has 0 radical (unpaired) electrons. The minimum Gasteiger partial charge on any atom is -0.487 e. The summed E-state index contributed by atoms with van der Waals surface area (Å²) < 4.78 is 11.2. The molecule has 1 aliphatic heterocycles. The van der Waals surface area contributed by atoms with Crippen molar-refractivity contribution in [2.75, 3.05) is 13.1 Å². The van der Waals surface area contributed by atoms with Gasteiger partial charge in [-0.3, -0.25) is 0 Å². The van der Waals surface area contributed by atoms with Crippen molar-refractivity contribution in [2.45, 2.75) is 32.5 Å². The molecule has 1 fully saturated rings. The molecule has 5 nitrogen and oxygen atoms in total. The van der Waals surface area contributed by atoms with E-state index < -0.39 is 5.60 Å². The Balaban J connectivity index is 1.53. The number of aromatic nitrogens is 1. The van der Waals surface area contributed by atoms with Gasteiger partial charge in [0.25, 0.3) is 0 Å². The molecule has 112 valence electrons. The van der Waals surface area contributed by atoms with E-state index in [0.29, 0.717) is 13.1 Å².